The van der Waals surface area contributed by atoms with Gasteiger partial charge in [-0.25, -0.2) is 4.39 Å². The van der Waals surface area contributed by atoms with E-state index >= 15 is 0 Å². The van der Waals surface area contributed by atoms with Gasteiger partial charge in [-0.05, 0) is 30.5 Å². The van der Waals surface area contributed by atoms with Crippen LogP contribution in [0.5, 0.6) is 0 Å². The van der Waals surface area contributed by atoms with Crippen LogP contribution in [0, 0.1) is 5.82 Å². The van der Waals surface area contributed by atoms with Crippen LogP contribution in [-0.4, -0.2) is 5.16 Å². The molecular formula is C17H21FN2O. The van der Waals surface area contributed by atoms with Gasteiger partial charge in [-0.1, -0.05) is 49.4 Å². The predicted octanol–water partition coefficient (Wildman–Crippen LogP) is 4.89. The van der Waals surface area contributed by atoms with Gasteiger partial charge in [0.05, 0.1) is 11.3 Å². The maximum absolute atomic E-state index is 13.1. The van der Waals surface area contributed by atoms with E-state index in [2.05, 4.69) is 5.16 Å². The van der Waals surface area contributed by atoms with E-state index in [4.69, 9.17) is 10.3 Å². The normalized spacial score (nSPS) is 17.4. The molecule has 1 fully saturated rings. The maximum atomic E-state index is 13.1. The predicted molar refractivity (Wildman–Crippen MR) is 81.4 cm³/mol. The summed E-state index contributed by atoms with van der Waals surface area (Å²) in [7, 11) is 0. The molecule has 0 amide bonds. The van der Waals surface area contributed by atoms with E-state index in [9.17, 15) is 4.39 Å². The smallest absolute Gasteiger partial charge is 0.230 e. The molecule has 0 atom stereocenters. The highest BCUT2D eigenvalue weighted by Crippen LogP contribution is 2.39. The van der Waals surface area contributed by atoms with Crippen molar-refractivity contribution >= 4 is 5.88 Å². The summed E-state index contributed by atoms with van der Waals surface area (Å²) in [5.74, 6) is 0.478. The molecule has 0 unspecified atom stereocenters. The number of nitrogens with two attached hydrogens (primary N) is 1. The highest BCUT2D eigenvalue weighted by molar-refractivity contribution is 5.75. The van der Waals surface area contributed by atoms with Crippen LogP contribution in [0.25, 0.3) is 11.1 Å². The fraction of sp³-hybridized carbons (Fsp3) is 0.471. The van der Waals surface area contributed by atoms with Crippen molar-refractivity contribution in [3.05, 3.63) is 35.8 Å². The summed E-state index contributed by atoms with van der Waals surface area (Å²) in [5.41, 5.74) is 8.64. The van der Waals surface area contributed by atoms with E-state index in [1.807, 2.05) is 0 Å². The minimum absolute atomic E-state index is 0.249. The molecule has 1 saturated carbocycles. The Hall–Kier alpha value is -1.84. The largest absolute Gasteiger partial charge is 0.367 e. The molecule has 0 aliphatic heterocycles. The Morgan fingerprint density at radius 2 is 1.62 bits per heavy atom. The van der Waals surface area contributed by atoms with E-state index < -0.39 is 0 Å². The summed E-state index contributed by atoms with van der Waals surface area (Å²) < 4.78 is 18.4. The Kier molecular flexibility index (Phi) is 4.23. The fourth-order valence-electron chi connectivity index (χ4n) is 3.23. The van der Waals surface area contributed by atoms with Crippen molar-refractivity contribution in [3.8, 4) is 11.1 Å². The van der Waals surface area contributed by atoms with Crippen molar-refractivity contribution < 1.29 is 8.91 Å². The molecule has 2 N–H and O–H groups in total. The molecule has 1 aliphatic rings. The van der Waals surface area contributed by atoms with Gasteiger partial charge in [0.2, 0.25) is 5.88 Å². The number of benzene rings is 1. The first-order chi connectivity index (χ1) is 10.3. The van der Waals surface area contributed by atoms with E-state index in [1.165, 1.54) is 44.2 Å². The van der Waals surface area contributed by atoms with E-state index in [0.29, 0.717) is 11.8 Å². The van der Waals surface area contributed by atoms with Crippen LogP contribution in [0.15, 0.2) is 28.8 Å². The summed E-state index contributed by atoms with van der Waals surface area (Å²) in [5, 5.41) is 4.22. The second-order valence-electron chi connectivity index (χ2n) is 5.86. The third-order valence-electron chi connectivity index (χ3n) is 4.37. The minimum atomic E-state index is -0.249. The van der Waals surface area contributed by atoms with Crippen LogP contribution >= 0.6 is 0 Å². The standard InChI is InChI=1S/C17H21FN2O/c18-14-10-8-12(9-11-14)15-16(20-21-17(15)19)13-6-4-2-1-3-5-7-13/h8-11,13H,1-7,19H2. The lowest BCUT2D eigenvalue weighted by Gasteiger charge is -2.18. The molecule has 0 spiro atoms. The Bertz CT molecular complexity index is 583. The molecule has 0 saturated heterocycles. The summed E-state index contributed by atoms with van der Waals surface area (Å²) in [6.07, 6.45) is 8.60. The lowest BCUT2D eigenvalue weighted by molar-refractivity contribution is 0.395. The lowest BCUT2D eigenvalue weighted by Crippen LogP contribution is -2.04. The fourth-order valence-corrected chi connectivity index (χ4v) is 3.23. The third kappa shape index (κ3) is 3.09. The molecule has 112 valence electrons. The zero-order valence-corrected chi connectivity index (χ0v) is 12.1. The van der Waals surface area contributed by atoms with E-state index in [-0.39, 0.29) is 5.82 Å². The van der Waals surface area contributed by atoms with Crippen molar-refractivity contribution in [2.24, 2.45) is 0 Å². The molecule has 3 nitrogen and oxygen atoms in total. The third-order valence-corrected chi connectivity index (χ3v) is 4.37. The number of halogens is 1. The van der Waals surface area contributed by atoms with Crippen molar-refractivity contribution in [3.63, 3.8) is 0 Å². The summed E-state index contributed by atoms with van der Waals surface area (Å²) in [4.78, 5) is 0. The van der Waals surface area contributed by atoms with Crippen LogP contribution in [0.4, 0.5) is 10.3 Å². The van der Waals surface area contributed by atoms with Gasteiger partial charge >= 0.3 is 0 Å². The van der Waals surface area contributed by atoms with Gasteiger partial charge < -0.3 is 10.3 Å². The SMILES string of the molecule is Nc1onc(C2CCCCCCC2)c1-c1ccc(F)cc1. The van der Waals surface area contributed by atoms with Gasteiger partial charge in [0, 0.05) is 5.92 Å². The van der Waals surface area contributed by atoms with Gasteiger partial charge in [-0.2, -0.15) is 0 Å². The molecule has 1 heterocycles. The molecule has 2 aromatic rings. The number of hydrogen-bond donors (Lipinski definition) is 1. The molecular weight excluding hydrogens is 267 g/mol. The first-order valence-corrected chi connectivity index (χ1v) is 7.76. The topological polar surface area (TPSA) is 52.0 Å². The van der Waals surface area contributed by atoms with Crippen LogP contribution < -0.4 is 5.73 Å². The van der Waals surface area contributed by atoms with Crippen LogP contribution in [0.2, 0.25) is 0 Å². The van der Waals surface area contributed by atoms with Gasteiger partial charge in [-0.3, -0.25) is 0 Å². The van der Waals surface area contributed by atoms with Crippen LogP contribution in [0.1, 0.15) is 56.6 Å². The Morgan fingerprint density at radius 3 is 2.29 bits per heavy atom. The summed E-state index contributed by atoms with van der Waals surface area (Å²) in [6, 6.07) is 6.38. The number of anilines is 1. The van der Waals surface area contributed by atoms with Crippen LogP contribution in [-0.2, 0) is 0 Å². The molecule has 3 rings (SSSR count). The molecule has 1 aromatic heterocycles. The van der Waals surface area contributed by atoms with Crippen molar-refractivity contribution in [2.75, 3.05) is 5.73 Å². The second kappa shape index (κ2) is 6.29. The van der Waals surface area contributed by atoms with Crippen LogP contribution in [0.3, 0.4) is 0 Å². The van der Waals surface area contributed by atoms with Gasteiger partial charge in [0.1, 0.15) is 5.82 Å². The Morgan fingerprint density at radius 1 is 1.00 bits per heavy atom. The monoisotopic (exact) mass is 288 g/mol. The van der Waals surface area contributed by atoms with Crippen molar-refractivity contribution in [2.45, 2.75) is 50.9 Å². The summed E-state index contributed by atoms with van der Waals surface area (Å²) >= 11 is 0. The number of nitrogens with zero attached hydrogens (tertiary/aromatic N) is 1. The average Bonchev–Trinajstić information content (AvgIpc) is 2.81. The van der Waals surface area contributed by atoms with Gasteiger partial charge in [0.15, 0.2) is 0 Å². The first kappa shape index (κ1) is 14.1. The molecule has 1 aromatic carbocycles. The maximum Gasteiger partial charge on any atom is 0.230 e. The number of hydrogen-bond acceptors (Lipinski definition) is 3. The minimum Gasteiger partial charge on any atom is -0.367 e. The first-order valence-electron chi connectivity index (χ1n) is 7.76. The van der Waals surface area contributed by atoms with Crippen molar-refractivity contribution in [1.29, 1.82) is 0 Å². The molecule has 1 aliphatic carbocycles. The zero-order chi connectivity index (χ0) is 14.7. The quantitative estimate of drug-likeness (QED) is 0.855. The molecule has 0 radical (unpaired) electrons. The van der Waals surface area contributed by atoms with Gasteiger partial charge in [-0.15, -0.1) is 0 Å². The number of nitrogen functional groups attached to an aromatic ring is 1. The Balaban J connectivity index is 1.93. The van der Waals surface area contributed by atoms with E-state index in [0.717, 1.165) is 29.7 Å². The summed E-state index contributed by atoms with van der Waals surface area (Å²) in [6.45, 7) is 0. The molecule has 4 heteroatoms. The molecule has 21 heavy (non-hydrogen) atoms. The van der Waals surface area contributed by atoms with E-state index in [1.54, 1.807) is 12.1 Å². The average molecular weight is 288 g/mol. The lowest BCUT2D eigenvalue weighted by atomic mass is 9.86. The van der Waals surface area contributed by atoms with Crippen molar-refractivity contribution in [1.82, 2.24) is 5.16 Å². The Labute approximate surface area is 124 Å². The number of aromatic nitrogens is 1. The highest BCUT2D eigenvalue weighted by atomic mass is 19.1. The zero-order valence-electron chi connectivity index (χ0n) is 12.1. The second-order valence-corrected chi connectivity index (χ2v) is 5.86. The highest BCUT2D eigenvalue weighted by Gasteiger charge is 2.24. The number of rotatable bonds is 2. The molecule has 0 bridgehead atoms. The van der Waals surface area contributed by atoms with Gasteiger partial charge in [0.25, 0.3) is 0 Å².